The zero-order chi connectivity index (χ0) is 88.4. The summed E-state index contributed by atoms with van der Waals surface area (Å²) in [5.41, 5.74) is 2.28. The summed E-state index contributed by atoms with van der Waals surface area (Å²) in [7, 11) is 1.99. The van der Waals surface area contributed by atoms with E-state index in [0.717, 1.165) is 66.1 Å². The second-order valence-corrected chi connectivity index (χ2v) is 32.1. The molecule has 12 aliphatic heterocycles. The molecule has 0 bridgehead atoms. The molecule has 13 heterocycles. The number of pyridine rings is 4. The number of carbonyl (C=O) groups is 4. The van der Waals surface area contributed by atoms with Crippen LogP contribution in [0.15, 0.2) is 200 Å². The van der Waals surface area contributed by atoms with Crippen LogP contribution in [-0.4, -0.2) is 225 Å². The molecule has 654 valence electrons. The van der Waals surface area contributed by atoms with Crippen molar-refractivity contribution in [3.8, 4) is 67.8 Å². The van der Waals surface area contributed by atoms with E-state index in [0.29, 0.717) is 126 Å². The fourth-order valence-electron chi connectivity index (χ4n) is 16.2. The number of aliphatic hydroxyl groups excluding tert-OH is 2. The highest BCUT2D eigenvalue weighted by molar-refractivity contribution is 7.08. The van der Waals surface area contributed by atoms with Crippen LogP contribution < -0.4 is 22.2 Å². The van der Waals surface area contributed by atoms with Gasteiger partial charge in [-0.3, -0.25) is 42.3 Å². The second-order valence-electron chi connectivity index (χ2n) is 31.4. The number of benzene rings is 7. The number of piperidine rings is 2. The van der Waals surface area contributed by atoms with Crippen LogP contribution in [-0.2, 0) is 0 Å². The summed E-state index contributed by atoms with van der Waals surface area (Å²) in [5, 5.41) is 41.2. The fourth-order valence-corrected chi connectivity index (χ4v) is 16.8. The van der Waals surface area contributed by atoms with E-state index >= 15 is 0 Å². The van der Waals surface area contributed by atoms with E-state index in [1.807, 2.05) is 19.2 Å². The maximum Gasteiger partial charge on any atom is 0.328 e. The molecule has 4 amide bonds. The Labute approximate surface area is 720 Å². The standard InChI is InChI=1S/C24H23F2N5O2.C23H21F2N5O2.C22H18F2N4O3.C20H16F2N4O3S.CH4/c1-15(2)28-8-10-29(11-9-28)24(33)30-14-18-22(17-12-19(25)20(26)13-21(17)30)27-31(23(18)32)16-6-4-3-5-7-16;1-27-8-5-9-28(11-10-27)23(32)29-14-17-21(16-12-18(24)19(25)13-20(16)29)26-30(22(17)31)15-6-3-2-4-7-15;23-17-10-15-19(11-18(17)24)27(22(31)26-8-6-14(29)7-9-26)12-16-20(15)25-28(21(16)30)13-4-2-1-3-5-13;21-15-7-13-17(8-16(15)22)25(20(29)24-4-1-12(27)2-5-24)9-14-18(13)23-26(19(14)28)11-3-6-30-10-11;/h3-7,12-15H,8-11H2,1-2H3;2-4,6-7,12-14H,5,8-11H2,1H3;1-5,10-12,14,29H,6-9H2;3,6-10,12,27H,1-2,4-5H2;1H4. The molecule has 1 aromatic heterocycles. The molecule has 0 spiro atoms. The molecule has 37 heteroatoms. The maximum absolute atomic E-state index is 14.2. The zero-order valence-electron chi connectivity index (χ0n) is 67.7. The molecule has 0 atom stereocenters. The Hall–Kier alpha value is -13.9. The first-order valence-electron chi connectivity index (χ1n) is 40.5. The number of aromatic nitrogens is 12. The topological polar surface area (TPSA) is 287 Å². The minimum Gasteiger partial charge on any atom is -0.393 e. The maximum atomic E-state index is 14.2. The van der Waals surface area contributed by atoms with Gasteiger partial charge in [-0.1, -0.05) is 62.0 Å². The number of likely N-dealkylation sites (tertiary alicyclic amines) is 2. The highest BCUT2D eigenvalue weighted by Crippen LogP contribution is 2.37. The van der Waals surface area contributed by atoms with Crippen molar-refractivity contribution >= 4 is 79.1 Å². The van der Waals surface area contributed by atoms with Gasteiger partial charge in [0.1, 0.15) is 22.8 Å². The first kappa shape index (κ1) is 86.6. The Balaban J connectivity index is 0.000000124. The van der Waals surface area contributed by atoms with Gasteiger partial charge in [0.05, 0.1) is 79.3 Å². The van der Waals surface area contributed by atoms with Gasteiger partial charge >= 0.3 is 24.1 Å². The number of fused-ring (bicyclic) bond motifs is 12. The van der Waals surface area contributed by atoms with Crippen LogP contribution >= 0.6 is 11.3 Å². The van der Waals surface area contributed by atoms with Gasteiger partial charge in [-0.2, -0.15) is 50.5 Å². The third-order valence-corrected chi connectivity index (χ3v) is 23.8. The number of piperazine rings is 1. The van der Waals surface area contributed by atoms with E-state index in [-0.39, 0.29) is 108 Å². The first-order chi connectivity index (χ1) is 60.7. The van der Waals surface area contributed by atoms with Crippen molar-refractivity contribution in [2.75, 3.05) is 85.6 Å². The summed E-state index contributed by atoms with van der Waals surface area (Å²) >= 11 is 1.39. The lowest BCUT2D eigenvalue weighted by atomic mass is 10.1. The highest BCUT2D eigenvalue weighted by Gasteiger charge is 2.35. The van der Waals surface area contributed by atoms with Crippen LogP contribution in [0.1, 0.15) is 53.4 Å². The van der Waals surface area contributed by atoms with Gasteiger partial charge in [0, 0.05) is 154 Å². The molecule has 28 nitrogen and oxygen atoms in total. The summed E-state index contributed by atoms with van der Waals surface area (Å²) in [6.07, 6.45) is 7.00. The van der Waals surface area contributed by atoms with E-state index in [1.165, 1.54) is 78.4 Å². The molecular formula is C90H82F8N18O10S. The van der Waals surface area contributed by atoms with Crippen molar-refractivity contribution in [2.24, 2.45) is 0 Å². The van der Waals surface area contributed by atoms with Crippen LogP contribution in [0.2, 0.25) is 0 Å². The van der Waals surface area contributed by atoms with Crippen LogP contribution in [0.5, 0.6) is 0 Å². The molecule has 12 aliphatic rings. The molecule has 2 N–H and O–H groups in total. The van der Waals surface area contributed by atoms with Crippen molar-refractivity contribution in [3.63, 3.8) is 0 Å². The molecule has 0 aliphatic carbocycles. The third-order valence-electron chi connectivity index (χ3n) is 23.1. The summed E-state index contributed by atoms with van der Waals surface area (Å²) < 4.78 is 123. The van der Waals surface area contributed by atoms with Gasteiger partial charge in [0.2, 0.25) is 0 Å². The average molecular weight is 1760 g/mol. The zero-order valence-corrected chi connectivity index (χ0v) is 68.5. The van der Waals surface area contributed by atoms with Crippen molar-refractivity contribution in [3.05, 3.63) is 269 Å². The molecule has 4 saturated heterocycles. The van der Waals surface area contributed by atoms with E-state index in [4.69, 9.17) is 0 Å². The van der Waals surface area contributed by atoms with Crippen LogP contribution in [0.4, 0.5) is 54.3 Å². The van der Waals surface area contributed by atoms with Gasteiger partial charge in [-0.25, -0.2) is 54.3 Å². The number of halogens is 8. The van der Waals surface area contributed by atoms with E-state index < -0.39 is 93.0 Å². The van der Waals surface area contributed by atoms with Gasteiger partial charge in [0.15, 0.2) is 46.5 Å². The minimum atomic E-state index is -1.10. The Morgan fingerprint density at radius 3 is 0.929 bits per heavy atom. The Morgan fingerprint density at radius 1 is 0.362 bits per heavy atom. The second kappa shape index (κ2) is 35.6. The van der Waals surface area contributed by atoms with Crippen LogP contribution in [0, 0.1) is 46.5 Å². The van der Waals surface area contributed by atoms with Crippen LogP contribution in [0.25, 0.3) is 111 Å². The van der Waals surface area contributed by atoms with Crippen molar-refractivity contribution in [2.45, 2.75) is 71.6 Å². The molecule has 0 saturated carbocycles. The SMILES string of the molecule is C.CC(C)N1CCN(C(=O)n2cc3c(=O)n(-c4ccccc4)nc-3c3cc(F)c(F)cc32)CC1.CN1CCCN(C(=O)n2cc3c(=O)n(-c4ccccc4)nc-3c3cc(F)c(F)cc32)CC1.O=C(N1CCC(O)CC1)n1cc2c(=O)n(-c3ccccc3)nc-2c2cc(F)c(F)cc21.O=C(N1CCC(O)CC1)n1cc2c(=O)n(-c3ccsc3)nc-2c2cc(F)c(F)cc21. The molecule has 0 unspecified atom stereocenters. The van der Waals surface area contributed by atoms with Gasteiger partial charge in [-0.15, -0.1) is 0 Å². The predicted molar refractivity (Wildman–Crippen MR) is 461 cm³/mol. The van der Waals surface area contributed by atoms with Gasteiger partial charge in [0.25, 0.3) is 22.2 Å². The number of amides is 4. The van der Waals surface area contributed by atoms with Gasteiger partial charge in [-0.05, 0) is 132 Å². The molecule has 7 aromatic carbocycles. The monoisotopic (exact) mass is 1760 g/mol. The number of carbonyl (C=O) groups excluding carboxylic acids is 4. The van der Waals surface area contributed by atoms with Crippen molar-refractivity contribution in [1.29, 1.82) is 0 Å². The number of likely N-dealkylation sites (N-methyl/N-ethyl adjacent to an activating group) is 1. The number of aliphatic hydroxyl groups is 2. The number of thiophene rings is 1. The average Bonchev–Trinajstić information content (AvgIpc) is 1.67. The predicted octanol–water partition coefficient (Wildman–Crippen LogP) is 13.4. The van der Waals surface area contributed by atoms with Gasteiger partial charge < -0.3 is 34.7 Å². The number of rotatable bonds is 5. The summed E-state index contributed by atoms with van der Waals surface area (Å²) in [6.45, 7) is 10.5. The smallest absolute Gasteiger partial charge is 0.328 e. The number of nitrogens with zero attached hydrogens (tertiary/aromatic N) is 18. The van der Waals surface area contributed by atoms with Crippen molar-refractivity contribution < 1.29 is 64.5 Å². The lowest BCUT2D eigenvalue weighted by Crippen LogP contribution is -2.51. The van der Waals surface area contributed by atoms with Crippen LogP contribution in [0.3, 0.4) is 0 Å². The lowest BCUT2D eigenvalue weighted by molar-refractivity contribution is 0.0936. The molecule has 4 fully saturated rings. The summed E-state index contributed by atoms with van der Waals surface area (Å²) in [4.78, 5) is 116. The number of hydrogen-bond acceptors (Lipinski definition) is 17. The number of para-hydroxylation sites is 3. The largest absolute Gasteiger partial charge is 0.393 e. The molecule has 0 radical (unpaired) electrons. The Bertz CT molecular complexity index is 6990. The van der Waals surface area contributed by atoms with E-state index in [2.05, 4.69) is 44.0 Å². The van der Waals surface area contributed by atoms with Crippen molar-refractivity contribution in [1.82, 2.24) is 86.8 Å². The molecular weight excluding hydrogens is 1680 g/mol. The fraction of sp³-hybridized carbons (Fsp3) is 0.267. The molecule has 20 rings (SSSR count). The first-order valence-corrected chi connectivity index (χ1v) is 41.5. The number of hydrogen-bond donors (Lipinski definition) is 2. The normalized spacial score (nSPS) is 15.1. The van der Waals surface area contributed by atoms with E-state index in [1.54, 1.807) is 105 Å². The summed E-state index contributed by atoms with van der Waals surface area (Å²) in [5.74, 6) is -8.67. The Morgan fingerprint density at radius 2 is 0.638 bits per heavy atom. The third kappa shape index (κ3) is 16.6. The summed E-state index contributed by atoms with van der Waals surface area (Å²) in [6, 6.07) is 34.5. The molecule has 127 heavy (non-hydrogen) atoms. The molecule has 8 aromatic rings. The highest BCUT2D eigenvalue weighted by atomic mass is 32.1. The Kier molecular flexibility index (Phi) is 24.3. The quantitative estimate of drug-likeness (QED) is 0.151. The van der Waals surface area contributed by atoms with E-state index in [9.17, 15) is 83.7 Å². The lowest BCUT2D eigenvalue weighted by Gasteiger charge is -2.37. The minimum absolute atomic E-state index is 0.